The molecule has 1 amide bonds. The Balaban J connectivity index is 1.77. The summed E-state index contributed by atoms with van der Waals surface area (Å²) in [5.41, 5.74) is -0.322. The first-order chi connectivity index (χ1) is 12.1. The van der Waals surface area contributed by atoms with Crippen molar-refractivity contribution in [1.29, 1.82) is 0 Å². The van der Waals surface area contributed by atoms with E-state index in [1.807, 2.05) is 4.90 Å². The molecule has 2 aliphatic heterocycles. The van der Waals surface area contributed by atoms with Crippen LogP contribution >= 0.6 is 0 Å². The molecule has 0 N–H and O–H groups in total. The molecule has 3 heterocycles. The molecule has 2 saturated heterocycles. The third-order valence-corrected chi connectivity index (χ3v) is 5.13. The minimum Gasteiger partial charge on any atom is -0.481 e. The van der Waals surface area contributed by atoms with E-state index in [2.05, 4.69) is 14.9 Å². The van der Waals surface area contributed by atoms with Crippen molar-refractivity contribution in [2.75, 3.05) is 59.0 Å². The number of carbonyl (C=O) groups excluding carboxylic acids is 1. The first-order valence-electron chi connectivity index (χ1n) is 8.62. The minimum atomic E-state index is -0.322. The number of anilines is 1. The Hall–Kier alpha value is -2.09. The van der Waals surface area contributed by atoms with Gasteiger partial charge in [0.2, 0.25) is 11.8 Å². The molecule has 1 aromatic rings. The summed E-state index contributed by atoms with van der Waals surface area (Å²) in [6.07, 6.45) is 2.79. The van der Waals surface area contributed by atoms with Gasteiger partial charge in [-0.2, -0.15) is 9.97 Å². The van der Waals surface area contributed by atoms with Crippen LogP contribution in [-0.4, -0.2) is 74.9 Å². The number of aromatic nitrogens is 2. The average Bonchev–Trinajstić information content (AvgIpc) is 3.07. The fraction of sp³-hybridized carbons (Fsp3) is 0.706. The van der Waals surface area contributed by atoms with Gasteiger partial charge >= 0.3 is 6.01 Å². The molecule has 0 bridgehead atoms. The lowest BCUT2D eigenvalue weighted by molar-refractivity contribution is -0.145. The topological polar surface area (TPSA) is 77.0 Å². The average molecular weight is 350 g/mol. The second kappa shape index (κ2) is 7.43. The molecule has 25 heavy (non-hydrogen) atoms. The van der Waals surface area contributed by atoms with Crippen molar-refractivity contribution < 1.29 is 19.0 Å². The van der Waals surface area contributed by atoms with Crippen molar-refractivity contribution in [3.8, 4) is 11.9 Å². The number of piperidine rings is 1. The zero-order chi connectivity index (χ0) is 17.9. The Morgan fingerprint density at radius 3 is 2.72 bits per heavy atom. The van der Waals surface area contributed by atoms with E-state index >= 15 is 0 Å². The number of hydrogen-bond acceptors (Lipinski definition) is 7. The van der Waals surface area contributed by atoms with Gasteiger partial charge in [0, 0.05) is 39.4 Å². The highest BCUT2D eigenvalue weighted by atomic mass is 16.5. The van der Waals surface area contributed by atoms with Crippen LogP contribution in [0.15, 0.2) is 6.07 Å². The highest BCUT2D eigenvalue weighted by molar-refractivity contribution is 5.85. The third-order valence-electron chi connectivity index (χ3n) is 5.13. The van der Waals surface area contributed by atoms with E-state index in [1.54, 1.807) is 20.3 Å². The summed E-state index contributed by atoms with van der Waals surface area (Å²) in [5.74, 6) is 1.44. The summed E-state index contributed by atoms with van der Waals surface area (Å²) in [6.45, 7) is 3.50. The predicted octanol–water partition coefficient (Wildman–Crippen LogP) is 0.959. The zero-order valence-electron chi connectivity index (χ0n) is 15.2. The first-order valence-corrected chi connectivity index (χ1v) is 8.62. The fourth-order valence-corrected chi connectivity index (χ4v) is 3.76. The Morgan fingerprint density at radius 2 is 2.00 bits per heavy atom. The smallest absolute Gasteiger partial charge is 0.321 e. The summed E-state index contributed by atoms with van der Waals surface area (Å²) in [7, 11) is 4.76. The Morgan fingerprint density at radius 1 is 1.16 bits per heavy atom. The SMILES string of the molecule is COCCN1CCC[C@]2(CCN(c3cc(OC)nc(OC)n3)C2)C1=O. The lowest BCUT2D eigenvalue weighted by Crippen LogP contribution is -2.51. The molecule has 0 aliphatic carbocycles. The van der Waals surface area contributed by atoms with Gasteiger partial charge in [-0.3, -0.25) is 4.79 Å². The van der Waals surface area contributed by atoms with Crippen LogP contribution in [0.5, 0.6) is 11.9 Å². The highest BCUT2D eigenvalue weighted by Gasteiger charge is 2.48. The number of likely N-dealkylation sites (tertiary alicyclic amines) is 1. The number of nitrogens with zero attached hydrogens (tertiary/aromatic N) is 4. The first kappa shape index (κ1) is 17.7. The van der Waals surface area contributed by atoms with E-state index in [0.717, 1.165) is 38.2 Å². The summed E-state index contributed by atoms with van der Waals surface area (Å²) >= 11 is 0. The fourth-order valence-electron chi connectivity index (χ4n) is 3.76. The molecule has 2 aliphatic rings. The Bertz CT molecular complexity index is 604. The largest absolute Gasteiger partial charge is 0.481 e. The quantitative estimate of drug-likeness (QED) is 0.756. The Kier molecular flexibility index (Phi) is 5.27. The van der Waals surface area contributed by atoms with Gasteiger partial charge in [0.15, 0.2) is 0 Å². The summed E-state index contributed by atoms with van der Waals surface area (Å²) in [6, 6.07) is 2.06. The molecule has 8 nitrogen and oxygen atoms in total. The number of methoxy groups -OCH3 is 3. The molecule has 3 rings (SSSR count). The number of amides is 1. The van der Waals surface area contributed by atoms with E-state index in [1.165, 1.54) is 7.11 Å². The van der Waals surface area contributed by atoms with Gasteiger partial charge in [-0.25, -0.2) is 0 Å². The standard InChI is InChI=1S/C17H26N4O4/c1-23-10-9-20-7-4-5-17(15(20)22)6-8-21(12-17)13-11-14(24-2)19-16(18-13)25-3/h11H,4-10,12H2,1-3H3/t17-/m1/s1. The van der Waals surface area contributed by atoms with Crippen LogP contribution in [0.1, 0.15) is 19.3 Å². The van der Waals surface area contributed by atoms with Gasteiger partial charge in [0.1, 0.15) is 5.82 Å². The summed E-state index contributed by atoms with van der Waals surface area (Å²) < 4.78 is 15.5. The van der Waals surface area contributed by atoms with Gasteiger partial charge in [-0.1, -0.05) is 0 Å². The van der Waals surface area contributed by atoms with Gasteiger partial charge in [-0.15, -0.1) is 0 Å². The summed E-state index contributed by atoms with van der Waals surface area (Å²) in [4.78, 5) is 25.7. The van der Waals surface area contributed by atoms with Crippen molar-refractivity contribution in [2.45, 2.75) is 19.3 Å². The van der Waals surface area contributed by atoms with Crippen LogP contribution in [0, 0.1) is 5.41 Å². The van der Waals surface area contributed by atoms with E-state index in [4.69, 9.17) is 14.2 Å². The van der Waals surface area contributed by atoms with Crippen LogP contribution < -0.4 is 14.4 Å². The van der Waals surface area contributed by atoms with Gasteiger partial charge in [-0.05, 0) is 19.3 Å². The van der Waals surface area contributed by atoms with Crippen molar-refractivity contribution >= 4 is 11.7 Å². The minimum absolute atomic E-state index is 0.242. The van der Waals surface area contributed by atoms with Crippen LogP contribution in [0.25, 0.3) is 0 Å². The van der Waals surface area contributed by atoms with E-state index < -0.39 is 0 Å². The molecule has 138 valence electrons. The van der Waals surface area contributed by atoms with Crippen LogP contribution in [-0.2, 0) is 9.53 Å². The lowest BCUT2D eigenvalue weighted by atomic mass is 9.78. The van der Waals surface area contributed by atoms with E-state index in [-0.39, 0.29) is 17.3 Å². The van der Waals surface area contributed by atoms with Gasteiger partial charge in [0.05, 0.1) is 26.2 Å². The van der Waals surface area contributed by atoms with Crippen molar-refractivity contribution in [3.05, 3.63) is 6.07 Å². The maximum Gasteiger partial charge on any atom is 0.321 e. The predicted molar refractivity (Wildman–Crippen MR) is 92.1 cm³/mol. The van der Waals surface area contributed by atoms with E-state index in [0.29, 0.717) is 25.6 Å². The normalized spacial score (nSPS) is 23.4. The third kappa shape index (κ3) is 3.49. The van der Waals surface area contributed by atoms with Crippen molar-refractivity contribution in [1.82, 2.24) is 14.9 Å². The number of ether oxygens (including phenoxy) is 3. The molecule has 8 heteroatoms. The maximum atomic E-state index is 13.0. The second-order valence-electron chi connectivity index (χ2n) is 6.60. The van der Waals surface area contributed by atoms with Gasteiger partial charge in [0.25, 0.3) is 0 Å². The molecular weight excluding hydrogens is 324 g/mol. The number of rotatable bonds is 6. The molecule has 1 aromatic heterocycles. The lowest BCUT2D eigenvalue weighted by Gasteiger charge is -2.39. The highest BCUT2D eigenvalue weighted by Crippen LogP contribution is 2.41. The van der Waals surface area contributed by atoms with Crippen molar-refractivity contribution in [3.63, 3.8) is 0 Å². The molecule has 0 unspecified atom stereocenters. The molecule has 2 fully saturated rings. The van der Waals surface area contributed by atoms with Crippen LogP contribution in [0.2, 0.25) is 0 Å². The monoisotopic (exact) mass is 350 g/mol. The second-order valence-corrected chi connectivity index (χ2v) is 6.60. The molecule has 0 radical (unpaired) electrons. The van der Waals surface area contributed by atoms with Crippen LogP contribution in [0.3, 0.4) is 0 Å². The molecule has 1 spiro atoms. The van der Waals surface area contributed by atoms with Crippen LogP contribution in [0.4, 0.5) is 5.82 Å². The van der Waals surface area contributed by atoms with E-state index in [9.17, 15) is 4.79 Å². The molecule has 0 aromatic carbocycles. The molecular formula is C17H26N4O4. The molecule has 0 saturated carbocycles. The maximum absolute atomic E-state index is 13.0. The zero-order valence-corrected chi connectivity index (χ0v) is 15.2. The number of carbonyl (C=O) groups is 1. The number of hydrogen-bond donors (Lipinski definition) is 0. The molecule has 1 atom stereocenters. The van der Waals surface area contributed by atoms with Crippen molar-refractivity contribution in [2.24, 2.45) is 5.41 Å². The summed E-state index contributed by atoms with van der Waals surface area (Å²) in [5, 5.41) is 0. The van der Waals surface area contributed by atoms with Gasteiger partial charge < -0.3 is 24.0 Å². The Labute approximate surface area is 148 Å².